The molecule has 1 atom stereocenters. The van der Waals surface area contributed by atoms with Gasteiger partial charge in [-0.05, 0) is 7.05 Å². The van der Waals surface area contributed by atoms with Crippen molar-refractivity contribution in [2.75, 3.05) is 47.1 Å². The van der Waals surface area contributed by atoms with Crippen LogP contribution in [-0.2, 0) is 9.47 Å². The first-order valence-corrected chi connectivity index (χ1v) is 5.47. The van der Waals surface area contributed by atoms with Crippen LogP contribution in [0.15, 0.2) is 0 Å². The van der Waals surface area contributed by atoms with Crippen LogP contribution in [0.3, 0.4) is 0 Å². The highest BCUT2D eigenvalue weighted by Crippen LogP contribution is 1.98. The smallest absolute Gasteiger partial charge is 0.0700 e. The summed E-state index contributed by atoms with van der Waals surface area (Å²) >= 11 is 3.51. The summed E-state index contributed by atoms with van der Waals surface area (Å²) in [7, 11) is 3.78. The van der Waals surface area contributed by atoms with Gasteiger partial charge in [0.05, 0.1) is 19.8 Å². The van der Waals surface area contributed by atoms with Crippen LogP contribution >= 0.6 is 15.9 Å². The van der Waals surface area contributed by atoms with Gasteiger partial charge in [-0.1, -0.05) is 22.9 Å². The number of methoxy groups -OCH3 is 1. The maximum absolute atomic E-state index is 5.34. The first-order chi connectivity index (χ1) is 6.16. The predicted octanol–water partition coefficient (Wildman–Crippen LogP) is 1.36. The molecule has 0 aromatic rings. The molecule has 0 bridgehead atoms. The van der Waals surface area contributed by atoms with Crippen molar-refractivity contribution in [2.45, 2.75) is 11.8 Å². The fourth-order valence-corrected chi connectivity index (χ4v) is 1.48. The maximum Gasteiger partial charge on any atom is 0.0700 e. The minimum atomic E-state index is 0.538. The van der Waals surface area contributed by atoms with Crippen LogP contribution in [0.25, 0.3) is 0 Å². The van der Waals surface area contributed by atoms with Crippen molar-refractivity contribution in [1.82, 2.24) is 4.90 Å². The van der Waals surface area contributed by atoms with E-state index in [1.165, 1.54) is 0 Å². The van der Waals surface area contributed by atoms with E-state index in [4.69, 9.17) is 9.47 Å². The first-order valence-electron chi connectivity index (χ1n) is 4.56. The molecule has 0 aliphatic carbocycles. The van der Waals surface area contributed by atoms with E-state index in [1.807, 2.05) is 0 Å². The molecule has 0 rings (SSSR count). The van der Waals surface area contributed by atoms with Gasteiger partial charge in [-0.3, -0.25) is 0 Å². The molecular formula is C9H20BrNO2. The molecule has 0 saturated heterocycles. The fraction of sp³-hybridized carbons (Fsp3) is 1.00. The van der Waals surface area contributed by atoms with Gasteiger partial charge in [-0.15, -0.1) is 0 Å². The molecule has 0 N–H and O–H groups in total. The Morgan fingerprint density at radius 3 is 2.54 bits per heavy atom. The van der Waals surface area contributed by atoms with Gasteiger partial charge in [-0.2, -0.15) is 0 Å². The number of alkyl halides is 1. The van der Waals surface area contributed by atoms with Crippen molar-refractivity contribution in [3.63, 3.8) is 0 Å². The summed E-state index contributed by atoms with van der Waals surface area (Å²) in [5, 5.41) is 0. The Morgan fingerprint density at radius 2 is 2.00 bits per heavy atom. The summed E-state index contributed by atoms with van der Waals surface area (Å²) in [4.78, 5) is 2.78. The zero-order chi connectivity index (χ0) is 10.1. The van der Waals surface area contributed by atoms with Gasteiger partial charge < -0.3 is 14.4 Å². The second kappa shape index (κ2) is 8.94. The third-order valence-corrected chi connectivity index (χ3v) is 1.90. The van der Waals surface area contributed by atoms with Crippen LogP contribution in [0.5, 0.6) is 0 Å². The topological polar surface area (TPSA) is 21.7 Å². The van der Waals surface area contributed by atoms with Crippen LogP contribution < -0.4 is 0 Å². The summed E-state index contributed by atoms with van der Waals surface area (Å²) in [6.45, 7) is 6.31. The van der Waals surface area contributed by atoms with Crippen molar-refractivity contribution in [3.8, 4) is 0 Å². The summed E-state index contributed by atoms with van der Waals surface area (Å²) < 4.78 is 10.2. The summed E-state index contributed by atoms with van der Waals surface area (Å²) in [5.74, 6) is 0. The van der Waals surface area contributed by atoms with E-state index in [9.17, 15) is 0 Å². The van der Waals surface area contributed by atoms with Gasteiger partial charge in [0.1, 0.15) is 0 Å². The Bertz CT molecular complexity index is 112. The molecule has 1 unspecified atom stereocenters. The Balaban J connectivity index is 3.12. The summed E-state index contributed by atoms with van der Waals surface area (Å²) in [6, 6.07) is 0. The molecule has 3 nitrogen and oxygen atoms in total. The van der Waals surface area contributed by atoms with E-state index in [1.54, 1.807) is 7.11 Å². The highest BCUT2D eigenvalue weighted by Gasteiger charge is 2.01. The third kappa shape index (κ3) is 10.3. The van der Waals surface area contributed by atoms with Crippen molar-refractivity contribution in [3.05, 3.63) is 0 Å². The number of ether oxygens (including phenoxy) is 2. The maximum atomic E-state index is 5.34. The van der Waals surface area contributed by atoms with Crippen LogP contribution in [0.4, 0.5) is 0 Å². The molecule has 0 amide bonds. The molecule has 0 fully saturated rings. The number of hydrogen-bond acceptors (Lipinski definition) is 3. The van der Waals surface area contributed by atoms with Gasteiger partial charge in [0.15, 0.2) is 0 Å². The van der Waals surface area contributed by atoms with Gasteiger partial charge in [0.2, 0.25) is 0 Å². The van der Waals surface area contributed by atoms with Crippen molar-refractivity contribution < 1.29 is 9.47 Å². The predicted molar refractivity (Wildman–Crippen MR) is 58.6 cm³/mol. The summed E-state index contributed by atoms with van der Waals surface area (Å²) in [6.07, 6.45) is 0. The minimum Gasteiger partial charge on any atom is -0.382 e. The summed E-state index contributed by atoms with van der Waals surface area (Å²) in [5.41, 5.74) is 0. The zero-order valence-corrected chi connectivity index (χ0v) is 10.3. The Kier molecular flexibility index (Phi) is 9.18. The van der Waals surface area contributed by atoms with Gasteiger partial charge >= 0.3 is 0 Å². The molecule has 13 heavy (non-hydrogen) atoms. The first kappa shape index (κ1) is 13.4. The molecule has 0 aliphatic heterocycles. The van der Waals surface area contributed by atoms with E-state index in [0.29, 0.717) is 18.0 Å². The molecule has 0 radical (unpaired) electrons. The molecule has 0 saturated carbocycles. The molecular weight excluding hydrogens is 234 g/mol. The molecule has 4 heteroatoms. The lowest BCUT2D eigenvalue weighted by molar-refractivity contribution is 0.0608. The van der Waals surface area contributed by atoms with Crippen LogP contribution in [0.2, 0.25) is 0 Å². The van der Waals surface area contributed by atoms with Gasteiger partial charge in [0.25, 0.3) is 0 Å². The van der Waals surface area contributed by atoms with E-state index in [2.05, 4.69) is 34.8 Å². The molecule has 0 aromatic heterocycles. The zero-order valence-electron chi connectivity index (χ0n) is 8.75. The van der Waals surface area contributed by atoms with Crippen LogP contribution in [-0.4, -0.2) is 56.8 Å². The number of nitrogens with zero attached hydrogens (tertiary/aromatic N) is 1. The van der Waals surface area contributed by atoms with Crippen LogP contribution in [0, 0.1) is 0 Å². The quantitative estimate of drug-likeness (QED) is 0.482. The Hall–Kier alpha value is 0.360. The SMILES string of the molecule is COCCOCCN(C)CC(C)Br. The highest BCUT2D eigenvalue weighted by molar-refractivity contribution is 9.09. The largest absolute Gasteiger partial charge is 0.382 e. The second-order valence-corrected chi connectivity index (χ2v) is 4.71. The van der Waals surface area contributed by atoms with Crippen molar-refractivity contribution >= 4 is 15.9 Å². The van der Waals surface area contributed by atoms with Gasteiger partial charge in [0, 0.05) is 25.0 Å². The van der Waals surface area contributed by atoms with E-state index in [0.717, 1.165) is 19.7 Å². The minimum absolute atomic E-state index is 0.538. The molecule has 0 aliphatic rings. The van der Waals surface area contributed by atoms with Crippen molar-refractivity contribution in [2.24, 2.45) is 0 Å². The monoisotopic (exact) mass is 253 g/mol. The number of likely N-dealkylation sites (N-methyl/N-ethyl adjacent to an activating group) is 1. The molecule has 0 heterocycles. The average Bonchev–Trinajstić information content (AvgIpc) is 2.02. The van der Waals surface area contributed by atoms with E-state index < -0.39 is 0 Å². The Labute approximate surface area is 89.5 Å². The normalized spacial score (nSPS) is 13.6. The Morgan fingerprint density at radius 1 is 1.31 bits per heavy atom. The molecule has 0 spiro atoms. The number of halogens is 1. The van der Waals surface area contributed by atoms with Crippen molar-refractivity contribution in [1.29, 1.82) is 0 Å². The lowest BCUT2D eigenvalue weighted by Crippen LogP contribution is -2.28. The lowest BCUT2D eigenvalue weighted by atomic mass is 10.4. The van der Waals surface area contributed by atoms with E-state index >= 15 is 0 Å². The number of hydrogen-bond donors (Lipinski definition) is 0. The molecule has 0 aromatic carbocycles. The second-order valence-electron chi connectivity index (χ2n) is 3.15. The molecule has 80 valence electrons. The lowest BCUT2D eigenvalue weighted by Gasteiger charge is -2.17. The van der Waals surface area contributed by atoms with Gasteiger partial charge in [-0.25, -0.2) is 0 Å². The van der Waals surface area contributed by atoms with E-state index in [-0.39, 0.29) is 0 Å². The fourth-order valence-electron chi connectivity index (χ4n) is 0.985. The third-order valence-electron chi connectivity index (χ3n) is 1.61. The standard InChI is InChI=1S/C9H20BrNO2/c1-9(10)8-11(2)4-5-13-7-6-12-3/h9H,4-8H2,1-3H3. The average molecular weight is 254 g/mol. The highest BCUT2D eigenvalue weighted by atomic mass is 79.9. The number of rotatable bonds is 8. The van der Waals surface area contributed by atoms with Crippen LogP contribution in [0.1, 0.15) is 6.92 Å².